The van der Waals surface area contributed by atoms with Gasteiger partial charge in [-0.3, -0.25) is 4.79 Å². The predicted octanol–water partition coefficient (Wildman–Crippen LogP) is -1.26. The maximum atomic E-state index is 10.4. The van der Waals surface area contributed by atoms with Gasteiger partial charge in [-0.05, 0) is 13.0 Å². The van der Waals surface area contributed by atoms with Gasteiger partial charge in [-0.2, -0.15) is 0 Å². The molecule has 13 heavy (non-hydrogen) atoms. The first-order valence-electron chi connectivity index (χ1n) is 4.61. The van der Waals surface area contributed by atoms with Crippen LogP contribution in [0.3, 0.4) is 0 Å². The maximum Gasteiger partial charge on any atom is 0.304 e. The summed E-state index contributed by atoms with van der Waals surface area (Å²) in [6.07, 6.45) is 1.12. The average Bonchev–Trinajstić information content (AvgIpc) is 2.08. The molecule has 1 saturated heterocycles. The van der Waals surface area contributed by atoms with E-state index in [1.165, 1.54) is 0 Å². The van der Waals surface area contributed by atoms with E-state index in [0.29, 0.717) is 12.6 Å². The molecule has 1 rings (SSSR count). The van der Waals surface area contributed by atoms with E-state index in [9.17, 15) is 4.79 Å². The lowest BCUT2D eigenvalue weighted by molar-refractivity contribution is -0.137. The van der Waals surface area contributed by atoms with Crippen molar-refractivity contribution in [2.24, 2.45) is 5.73 Å². The summed E-state index contributed by atoms with van der Waals surface area (Å²) in [5.74, 6) is -0.753. The van der Waals surface area contributed by atoms with Crippen LogP contribution in [-0.4, -0.2) is 42.8 Å². The van der Waals surface area contributed by atoms with E-state index in [1.54, 1.807) is 0 Å². The molecule has 5 N–H and O–H groups in total. The van der Waals surface area contributed by atoms with E-state index in [2.05, 4.69) is 10.6 Å². The van der Waals surface area contributed by atoms with Crippen LogP contribution in [0.5, 0.6) is 0 Å². The Balaban J connectivity index is 2.18. The van der Waals surface area contributed by atoms with Crippen LogP contribution in [0.4, 0.5) is 0 Å². The third-order valence-corrected chi connectivity index (χ3v) is 2.24. The minimum absolute atomic E-state index is 0.0616. The van der Waals surface area contributed by atoms with E-state index in [4.69, 9.17) is 10.8 Å². The molecule has 2 atom stereocenters. The van der Waals surface area contributed by atoms with Gasteiger partial charge >= 0.3 is 5.97 Å². The zero-order chi connectivity index (χ0) is 9.68. The Kier molecular flexibility index (Phi) is 4.14. The van der Waals surface area contributed by atoms with Crippen molar-refractivity contribution in [1.29, 1.82) is 0 Å². The number of carboxylic acid groups (broad SMARTS) is 1. The molecule has 1 aliphatic rings. The SMILES string of the molecule is NCC[C@@H]1CN[C@@H](CC(=O)O)CN1. The van der Waals surface area contributed by atoms with E-state index in [0.717, 1.165) is 19.5 Å². The zero-order valence-electron chi connectivity index (χ0n) is 7.62. The number of nitrogens with one attached hydrogen (secondary N) is 2. The summed E-state index contributed by atoms with van der Waals surface area (Å²) in [6, 6.07) is 0.460. The second-order valence-corrected chi connectivity index (χ2v) is 3.39. The van der Waals surface area contributed by atoms with Crippen LogP contribution < -0.4 is 16.4 Å². The Labute approximate surface area is 77.7 Å². The van der Waals surface area contributed by atoms with Crippen molar-refractivity contribution < 1.29 is 9.90 Å². The highest BCUT2D eigenvalue weighted by Gasteiger charge is 2.20. The van der Waals surface area contributed by atoms with Crippen LogP contribution in [0.15, 0.2) is 0 Å². The van der Waals surface area contributed by atoms with Crippen molar-refractivity contribution >= 4 is 5.97 Å². The standard InChI is InChI=1S/C8H17N3O2/c9-2-1-6-4-11-7(5-10-6)3-8(12)13/h6-7,10-11H,1-5,9H2,(H,12,13)/t6-,7+/m1/s1. The lowest BCUT2D eigenvalue weighted by atomic mass is 10.1. The summed E-state index contributed by atoms with van der Waals surface area (Å²) in [7, 11) is 0. The Morgan fingerprint density at radius 1 is 1.38 bits per heavy atom. The van der Waals surface area contributed by atoms with Crippen LogP contribution in [0.25, 0.3) is 0 Å². The Morgan fingerprint density at radius 3 is 2.46 bits per heavy atom. The summed E-state index contributed by atoms with van der Waals surface area (Å²) < 4.78 is 0. The molecule has 1 aliphatic heterocycles. The summed E-state index contributed by atoms with van der Waals surface area (Å²) in [4.78, 5) is 10.4. The molecule has 0 bridgehead atoms. The van der Waals surface area contributed by atoms with E-state index < -0.39 is 5.97 Å². The topological polar surface area (TPSA) is 87.4 Å². The quantitative estimate of drug-likeness (QED) is 0.441. The molecule has 0 aromatic carbocycles. The molecular weight excluding hydrogens is 170 g/mol. The highest BCUT2D eigenvalue weighted by atomic mass is 16.4. The summed E-state index contributed by atoms with van der Waals surface area (Å²) in [6.45, 7) is 2.20. The van der Waals surface area contributed by atoms with Crippen molar-refractivity contribution in [3.63, 3.8) is 0 Å². The van der Waals surface area contributed by atoms with Crippen molar-refractivity contribution in [2.45, 2.75) is 24.9 Å². The van der Waals surface area contributed by atoms with Gasteiger partial charge in [-0.15, -0.1) is 0 Å². The molecule has 5 heteroatoms. The Hall–Kier alpha value is -0.650. The molecule has 0 spiro atoms. The van der Waals surface area contributed by atoms with E-state index in [-0.39, 0.29) is 12.5 Å². The second-order valence-electron chi connectivity index (χ2n) is 3.39. The van der Waals surface area contributed by atoms with Gasteiger partial charge in [0.15, 0.2) is 0 Å². The Bertz CT molecular complexity index is 167. The molecule has 0 amide bonds. The fraction of sp³-hybridized carbons (Fsp3) is 0.875. The van der Waals surface area contributed by atoms with Crippen molar-refractivity contribution in [3.8, 4) is 0 Å². The minimum atomic E-state index is -0.753. The van der Waals surface area contributed by atoms with Gasteiger partial charge in [0.1, 0.15) is 0 Å². The molecule has 1 heterocycles. The van der Waals surface area contributed by atoms with Crippen LogP contribution in [-0.2, 0) is 4.79 Å². The smallest absolute Gasteiger partial charge is 0.304 e. The number of hydrogen-bond donors (Lipinski definition) is 4. The largest absolute Gasteiger partial charge is 0.481 e. The van der Waals surface area contributed by atoms with E-state index in [1.807, 2.05) is 0 Å². The van der Waals surface area contributed by atoms with Crippen LogP contribution in [0.2, 0.25) is 0 Å². The lowest BCUT2D eigenvalue weighted by Crippen LogP contribution is -2.55. The highest BCUT2D eigenvalue weighted by Crippen LogP contribution is 2.00. The number of rotatable bonds is 4. The van der Waals surface area contributed by atoms with Crippen molar-refractivity contribution in [3.05, 3.63) is 0 Å². The molecule has 76 valence electrons. The molecule has 5 nitrogen and oxygen atoms in total. The van der Waals surface area contributed by atoms with Gasteiger partial charge in [0.25, 0.3) is 0 Å². The summed E-state index contributed by atoms with van der Waals surface area (Å²) in [5, 5.41) is 15.0. The maximum absolute atomic E-state index is 10.4. The van der Waals surface area contributed by atoms with Crippen molar-refractivity contribution in [1.82, 2.24) is 10.6 Å². The Morgan fingerprint density at radius 2 is 2.00 bits per heavy atom. The third kappa shape index (κ3) is 3.71. The number of carbonyl (C=O) groups is 1. The molecule has 0 aromatic heterocycles. The highest BCUT2D eigenvalue weighted by molar-refractivity contribution is 5.67. The predicted molar refractivity (Wildman–Crippen MR) is 49.5 cm³/mol. The summed E-state index contributed by atoms with van der Waals surface area (Å²) >= 11 is 0. The molecule has 0 saturated carbocycles. The third-order valence-electron chi connectivity index (χ3n) is 2.24. The summed E-state index contributed by atoms with van der Waals surface area (Å²) in [5.41, 5.74) is 5.41. The van der Waals surface area contributed by atoms with Crippen LogP contribution in [0.1, 0.15) is 12.8 Å². The fourth-order valence-electron chi connectivity index (χ4n) is 1.52. The molecular formula is C8H17N3O2. The van der Waals surface area contributed by atoms with Gasteiger partial charge < -0.3 is 21.5 Å². The molecule has 0 radical (unpaired) electrons. The van der Waals surface area contributed by atoms with Gasteiger partial charge in [0, 0.05) is 25.2 Å². The average molecular weight is 187 g/mol. The van der Waals surface area contributed by atoms with Crippen molar-refractivity contribution in [2.75, 3.05) is 19.6 Å². The van der Waals surface area contributed by atoms with Crippen LogP contribution in [0, 0.1) is 0 Å². The van der Waals surface area contributed by atoms with Crippen LogP contribution >= 0.6 is 0 Å². The number of aliphatic carboxylic acids is 1. The van der Waals surface area contributed by atoms with E-state index >= 15 is 0 Å². The lowest BCUT2D eigenvalue weighted by Gasteiger charge is -2.30. The molecule has 0 unspecified atom stereocenters. The number of piperazine rings is 1. The monoisotopic (exact) mass is 187 g/mol. The number of nitrogens with two attached hydrogens (primary N) is 1. The zero-order valence-corrected chi connectivity index (χ0v) is 7.62. The number of hydrogen-bond acceptors (Lipinski definition) is 4. The first-order chi connectivity index (χ1) is 6.22. The van der Waals surface area contributed by atoms with Gasteiger partial charge in [-0.25, -0.2) is 0 Å². The van der Waals surface area contributed by atoms with Gasteiger partial charge in [-0.1, -0.05) is 0 Å². The van der Waals surface area contributed by atoms with Gasteiger partial charge in [0.2, 0.25) is 0 Å². The number of carboxylic acids is 1. The molecule has 0 aromatic rings. The second kappa shape index (κ2) is 5.16. The van der Waals surface area contributed by atoms with Gasteiger partial charge in [0.05, 0.1) is 6.42 Å². The minimum Gasteiger partial charge on any atom is -0.481 e. The first kappa shape index (κ1) is 10.4. The first-order valence-corrected chi connectivity index (χ1v) is 4.61. The normalized spacial score (nSPS) is 28.7. The molecule has 1 fully saturated rings. The fourth-order valence-corrected chi connectivity index (χ4v) is 1.52. The molecule has 0 aliphatic carbocycles.